The number of nitriles is 1. The molecule has 0 N–H and O–H groups in total. The monoisotopic (exact) mass is 168 g/mol. The van der Waals surface area contributed by atoms with Crippen molar-refractivity contribution in [1.82, 2.24) is 0 Å². The minimum Gasteiger partial charge on any atom is -0.258 e. The molecule has 1 heterocycles. The molecule has 0 fully saturated rings. The van der Waals surface area contributed by atoms with Crippen molar-refractivity contribution in [2.75, 3.05) is 0 Å². The van der Waals surface area contributed by atoms with E-state index >= 15 is 0 Å². The van der Waals surface area contributed by atoms with Gasteiger partial charge in [0.05, 0.1) is 9.80 Å². The summed E-state index contributed by atoms with van der Waals surface area (Å²) in [6.45, 7) is 1.63. The van der Waals surface area contributed by atoms with Gasteiger partial charge in [0.25, 0.3) is 5.69 Å². The van der Waals surface area contributed by atoms with Gasteiger partial charge in [0, 0.05) is 6.07 Å². The number of aryl methyl sites for hydroxylation is 1. The standard InChI is InChI=1S/C6H4N2O2S/c1-4-6(8(9)10)2-5(3-7)11-4/h2H,1H3. The van der Waals surface area contributed by atoms with E-state index in [1.807, 2.05) is 6.07 Å². The quantitative estimate of drug-likeness (QED) is 0.474. The minimum atomic E-state index is -0.479. The summed E-state index contributed by atoms with van der Waals surface area (Å²) in [6, 6.07) is 3.15. The molecule has 0 aliphatic heterocycles. The average molecular weight is 168 g/mol. The Morgan fingerprint density at radius 3 is 2.73 bits per heavy atom. The molecule has 4 nitrogen and oxygen atoms in total. The molecule has 0 radical (unpaired) electrons. The van der Waals surface area contributed by atoms with Crippen molar-refractivity contribution in [2.24, 2.45) is 0 Å². The van der Waals surface area contributed by atoms with Gasteiger partial charge in [-0.3, -0.25) is 10.1 Å². The Kier molecular flexibility index (Phi) is 1.87. The van der Waals surface area contributed by atoms with Crippen molar-refractivity contribution in [3.8, 4) is 6.07 Å². The van der Waals surface area contributed by atoms with E-state index in [9.17, 15) is 10.1 Å². The fraction of sp³-hybridized carbons (Fsp3) is 0.167. The number of thiophene rings is 1. The van der Waals surface area contributed by atoms with Crippen LogP contribution in [-0.2, 0) is 0 Å². The molecule has 0 aliphatic carbocycles. The molecule has 0 bridgehead atoms. The van der Waals surface area contributed by atoms with Gasteiger partial charge in [-0.2, -0.15) is 5.26 Å². The van der Waals surface area contributed by atoms with E-state index in [-0.39, 0.29) is 5.69 Å². The highest BCUT2D eigenvalue weighted by molar-refractivity contribution is 7.12. The normalized spacial score (nSPS) is 9.09. The fourth-order valence-electron chi connectivity index (χ4n) is 0.709. The second kappa shape index (κ2) is 2.68. The van der Waals surface area contributed by atoms with Crippen LogP contribution in [0.15, 0.2) is 6.07 Å². The van der Waals surface area contributed by atoms with Gasteiger partial charge in [0.2, 0.25) is 0 Å². The van der Waals surface area contributed by atoms with Gasteiger partial charge in [-0.05, 0) is 6.92 Å². The number of hydrogen-bond donors (Lipinski definition) is 0. The highest BCUT2D eigenvalue weighted by atomic mass is 32.1. The van der Waals surface area contributed by atoms with Gasteiger partial charge >= 0.3 is 0 Å². The van der Waals surface area contributed by atoms with Gasteiger partial charge in [-0.1, -0.05) is 0 Å². The lowest BCUT2D eigenvalue weighted by Gasteiger charge is -1.83. The Labute approximate surface area is 66.8 Å². The Morgan fingerprint density at radius 1 is 1.82 bits per heavy atom. The van der Waals surface area contributed by atoms with Crippen LogP contribution in [0, 0.1) is 28.4 Å². The highest BCUT2D eigenvalue weighted by Gasteiger charge is 2.14. The van der Waals surface area contributed by atoms with Crippen LogP contribution in [0.3, 0.4) is 0 Å². The molecule has 0 unspecified atom stereocenters. The van der Waals surface area contributed by atoms with Crippen molar-refractivity contribution in [3.63, 3.8) is 0 Å². The predicted octanol–water partition coefficient (Wildman–Crippen LogP) is 1.84. The average Bonchev–Trinajstić information content (AvgIpc) is 2.30. The first-order chi connectivity index (χ1) is 5.15. The van der Waals surface area contributed by atoms with Crippen LogP contribution in [0.1, 0.15) is 9.75 Å². The molecule has 0 aliphatic rings. The highest BCUT2D eigenvalue weighted by Crippen LogP contribution is 2.26. The molecule has 0 atom stereocenters. The van der Waals surface area contributed by atoms with Crippen LogP contribution in [0.2, 0.25) is 0 Å². The largest absolute Gasteiger partial charge is 0.284 e. The first-order valence-corrected chi connectivity index (χ1v) is 3.61. The SMILES string of the molecule is Cc1sc(C#N)cc1[N+](=O)[O-]. The van der Waals surface area contributed by atoms with E-state index in [2.05, 4.69) is 0 Å². The van der Waals surface area contributed by atoms with Crippen LogP contribution in [-0.4, -0.2) is 4.92 Å². The van der Waals surface area contributed by atoms with Gasteiger partial charge in [0.15, 0.2) is 0 Å². The number of nitrogens with zero attached hydrogens (tertiary/aromatic N) is 2. The maximum Gasteiger partial charge on any atom is 0.284 e. The molecule has 0 amide bonds. The van der Waals surface area contributed by atoms with Gasteiger partial charge < -0.3 is 0 Å². The van der Waals surface area contributed by atoms with Crippen LogP contribution < -0.4 is 0 Å². The van der Waals surface area contributed by atoms with Crippen molar-refractivity contribution >= 4 is 17.0 Å². The molecule has 1 aromatic heterocycles. The first kappa shape index (κ1) is 7.69. The van der Waals surface area contributed by atoms with Crippen molar-refractivity contribution in [2.45, 2.75) is 6.92 Å². The summed E-state index contributed by atoms with van der Waals surface area (Å²) in [5.41, 5.74) is 0.0338. The smallest absolute Gasteiger partial charge is 0.258 e. The van der Waals surface area contributed by atoms with Crippen molar-refractivity contribution in [3.05, 3.63) is 25.9 Å². The van der Waals surface area contributed by atoms with E-state index in [0.29, 0.717) is 9.75 Å². The first-order valence-electron chi connectivity index (χ1n) is 2.80. The molecule has 0 saturated heterocycles. The summed E-state index contributed by atoms with van der Waals surface area (Å²) >= 11 is 1.14. The molecule has 0 saturated carbocycles. The van der Waals surface area contributed by atoms with Crippen LogP contribution in [0.5, 0.6) is 0 Å². The third-order valence-corrected chi connectivity index (χ3v) is 2.14. The molecule has 11 heavy (non-hydrogen) atoms. The van der Waals surface area contributed by atoms with E-state index in [1.165, 1.54) is 6.07 Å². The summed E-state index contributed by atoms with van der Waals surface area (Å²) in [7, 11) is 0. The van der Waals surface area contributed by atoms with E-state index in [0.717, 1.165) is 11.3 Å². The third-order valence-electron chi connectivity index (χ3n) is 1.20. The third kappa shape index (κ3) is 1.36. The Morgan fingerprint density at radius 2 is 2.45 bits per heavy atom. The molecule has 56 valence electrons. The van der Waals surface area contributed by atoms with Gasteiger partial charge in [-0.15, -0.1) is 11.3 Å². The zero-order valence-electron chi connectivity index (χ0n) is 5.70. The summed E-state index contributed by atoms with van der Waals surface area (Å²) < 4.78 is 0. The Balaban J connectivity index is 3.20. The molecular weight excluding hydrogens is 164 g/mol. The molecular formula is C6H4N2O2S. The van der Waals surface area contributed by atoms with Gasteiger partial charge in [-0.25, -0.2) is 0 Å². The summed E-state index contributed by atoms with van der Waals surface area (Å²) in [5.74, 6) is 0. The predicted molar refractivity (Wildman–Crippen MR) is 40.4 cm³/mol. The van der Waals surface area contributed by atoms with Crippen LogP contribution in [0.25, 0.3) is 0 Å². The van der Waals surface area contributed by atoms with Crippen LogP contribution in [0.4, 0.5) is 5.69 Å². The Hall–Kier alpha value is -1.41. The van der Waals surface area contributed by atoms with Crippen molar-refractivity contribution < 1.29 is 4.92 Å². The van der Waals surface area contributed by atoms with Gasteiger partial charge in [0.1, 0.15) is 10.9 Å². The van der Waals surface area contributed by atoms with E-state index in [4.69, 9.17) is 5.26 Å². The minimum absolute atomic E-state index is 0.0338. The maximum atomic E-state index is 10.3. The van der Waals surface area contributed by atoms with E-state index in [1.54, 1.807) is 6.92 Å². The molecule has 0 spiro atoms. The molecule has 5 heteroatoms. The summed E-state index contributed by atoms with van der Waals surface area (Å²) in [4.78, 5) is 10.7. The lowest BCUT2D eigenvalue weighted by atomic mass is 10.4. The molecule has 0 aromatic carbocycles. The lowest BCUT2D eigenvalue weighted by molar-refractivity contribution is -0.385. The Bertz CT molecular complexity index is 337. The van der Waals surface area contributed by atoms with Crippen molar-refractivity contribution in [1.29, 1.82) is 5.26 Å². The number of nitro groups is 1. The second-order valence-corrected chi connectivity index (χ2v) is 3.18. The molecule has 1 aromatic rings. The van der Waals surface area contributed by atoms with E-state index < -0.39 is 4.92 Å². The second-order valence-electron chi connectivity index (χ2n) is 1.92. The number of hydrogen-bond acceptors (Lipinski definition) is 4. The summed E-state index contributed by atoms with van der Waals surface area (Å²) in [6.07, 6.45) is 0. The fourth-order valence-corrected chi connectivity index (χ4v) is 1.49. The summed E-state index contributed by atoms with van der Waals surface area (Å²) in [5, 5.41) is 18.6. The molecule has 1 rings (SSSR count). The zero-order chi connectivity index (χ0) is 8.43. The maximum absolute atomic E-state index is 10.3. The lowest BCUT2D eigenvalue weighted by Crippen LogP contribution is -1.85. The topological polar surface area (TPSA) is 66.9 Å². The van der Waals surface area contributed by atoms with Crippen LogP contribution >= 0.6 is 11.3 Å². The zero-order valence-corrected chi connectivity index (χ0v) is 6.51. The number of rotatable bonds is 1.